The first-order valence-corrected chi connectivity index (χ1v) is 5.82. The Balaban J connectivity index is 1.98. The Hall–Kier alpha value is -0.870. The van der Waals surface area contributed by atoms with Gasteiger partial charge in [0, 0.05) is 25.4 Å². The SMILES string of the molecule is COC1(CNc2cc(C)nc(Cl)n2)CCC1. The van der Waals surface area contributed by atoms with Gasteiger partial charge in [0.05, 0.1) is 5.60 Å². The lowest BCUT2D eigenvalue weighted by Gasteiger charge is -2.40. The second-order valence-electron chi connectivity index (χ2n) is 4.26. The molecule has 0 spiro atoms. The van der Waals surface area contributed by atoms with E-state index in [0.717, 1.165) is 30.9 Å². The van der Waals surface area contributed by atoms with Crippen molar-refractivity contribution in [3.8, 4) is 0 Å². The maximum atomic E-state index is 5.79. The van der Waals surface area contributed by atoms with Crippen LogP contribution in [-0.2, 0) is 4.74 Å². The maximum Gasteiger partial charge on any atom is 0.224 e. The number of aryl methyl sites for hydroxylation is 1. The number of hydrogen-bond acceptors (Lipinski definition) is 4. The lowest BCUT2D eigenvalue weighted by atomic mass is 9.80. The minimum Gasteiger partial charge on any atom is -0.376 e. The van der Waals surface area contributed by atoms with Crippen molar-refractivity contribution in [2.75, 3.05) is 19.0 Å². The first-order valence-electron chi connectivity index (χ1n) is 5.44. The van der Waals surface area contributed by atoms with Crippen LogP contribution >= 0.6 is 11.6 Å². The average Bonchev–Trinajstić information content (AvgIpc) is 2.15. The molecule has 88 valence electrons. The minimum absolute atomic E-state index is 0.00860. The Bertz CT molecular complexity index is 354. The summed E-state index contributed by atoms with van der Waals surface area (Å²) in [4.78, 5) is 8.13. The van der Waals surface area contributed by atoms with Crippen LogP contribution in [0.2, 0.25) is 5.28 Å². The molecule has 0 unspecified atom stereocenters. The quantitative estimate of drug-likeness (QED) is 0.823. The highest BCUT2D eigenvalue weighted by Crippen LogP contribution is 2.34. The van der Waals surface area contributed by atoms with Crippen LogP contribution < -0.4 is 5.32 Å². The number of rotatable bonds is 4. The highest BCUT2D eigenvalue weighted by atomic mass is 35.5. The summed E-state index contributed by atoms with van der Waals surface area (Å²) >= 11 is 5.79. The highest BCUT2D eigenvalue weighted by Gasteiger charge is 2.36. The monoisotopic (exact) mass is 241 g/mol. The number of nitrogens with one attached hydrogen (secondary N) is 1. The molecule has 2 rings (SSSR count). The van der Waals surface area contributed by atoms with Crippen molar-refractivity contribution in [3.63, 3.8) is 0 Å². The van der Waals surface area contributed by atoms with Gasteiger partial charge >= 0.3 is 0 Å². The van der Waals surface area contributed by atoms with E-state index in [1.54, 1.807) is 7.11 Å². The smallest absolute Gasteiger partial charge is 0.224 e. The number of nitrogens with zero attached hydrogens (tertiary/aromatic N) is 2. The van der Waals surface area contributed by atoms with Gasteiger partial charge in [0.25, 0.3) is 0 Å². The van der Waals surface area contributed by atoms with Gasteiger partial charge in [0.1, 0.15) is 5.82 Å². The molecule has 1 heterocycles. The van der Waals surface area contributed by atoms with Gasteiger partial charge in [-0.05, 0) is 37.8 Å². The van der Waals surface area contributed by atoms with Crippen LogP contribution in [0.5, 0.6) is 0 Å². The number of methoxy groups -OCH3 is 1. The summed E-state index contributed by atoms with van der Waals surface area (Å²) in [6.07, 6.45) is 3.45. The van der Waals surface area contributed by atoms with E-state index in [0.29, 0.717) is 0 Å². The van der Waals surface area contributed by atoms with Crippen molar-refractivity contribution in [2.45, 2.75) is 31.8 Å². The molecule has 1 fully saturated rings. The number of anilines is 1. The molecule has 0 atom stereocenters. The summed E-state index contributed by atoms with van der Waals surface area (Å²) in [5.41, 5.74) is 0.855. The highest BCUT2D eigenvalue weighted by molar-refractivity contribution is 6.28. The lowest BCUT2D eigenvalue weighted by Crippen LogP contribution is -2.45. The normalized spacial score (nSPS) is 17.9. The standard InChI is InChI=1S/C11H16ClN3O/c1-8-6-9(15-10(12)14-8)13-7-11(16-2)4-3-5-11/h6H,3-5,7H2,1-2H3,(H,13,14,15). The molecule has 0 bridgehead atoms. The molecule has 1 N–H and O–H groups in total. The average molecular weight is 242 g/mol. The van der Waals surface area contributed by atoms with Crippen LogP contribution in [0.3, 0.4) is 0 Å². The van der Waals surface area contributed by atoms with E-state index < -0.39 is 0 Å². The third-order valence-corrected chi connectivity index (χ3v) is 3.29. The zero-order chi connectivity index (χ0) is 11.6. The maximum absolute atomic E-state index is 5.79. The first kappa shape index (κ1) is 11.6. The Morgan fingerprint density at radius 1 is 1.50 bits per heavy atom. The van der Waals surface area contributed by atoms with Crippen LogP contribution in [0.25, 0.3) is 0 Å². The summed E-state index contributed by atoms with van der Waals surface area (Å²) < 4.78 is 5.52. The van der Waals surface area contributed by atoms with Crippen LogP contribution in [0, 0.1) is 6.92 Å². The third-order valence-electron chi connectivity index (χ3n) is 3.12. The number of halogens is 1. The van der Waals surface area contributed by atoms with E-state index >= 15 is 0 Å². The predicted molar refractivity (Wildman–Crippen MR) is 63.9 cm³/mol. The number of hydrogen-bond donors (Lipinski definition) is 1. The fourth-order valence-electron chi connectivity index (χ4n) is 1.90. The Labute approximate surface area is 100 Å². The molecule has 1 aliphatic rings. The third kappa shape index (κ3) is 2.44. The summed E-state index contributed by atoms with van der Waals surface area (Å²) in [6.45, 7) is 2.67. The van der Waals surface area contributed by atoms with E-state index in [1.165, 1.54) is 6.42 Å². The number of aromatic nitrogens is 2. The number of ether oxygens (including phenoxy) is 1. The van der Waals surface area contributed by atoms with Gasteiger partial charge in [0.15, 0.2) is 0 Å². The molecule has 5 heteroatoms. The topological polar surface area (TPSA) is 47.0 Å². The van der Waals surface area contributed by atoms with Crippen molar-refractivity contribution in [1.29, 1.82) is 0 Å². The van der Waals surface area contributed by atoms with Crippen molar-refractivity contribution in [1.82, 2.24) is 9.97 Å². The molecule has 0 amide bonds. The van der Waals surface area contributed by atoms with Gasteiger partial charge in [-0.1, -0.05) is 0 Å². The van der Waals surface area contributed by atoms with Gasteiger partial charge < -0.3 is 10.1 Å². The zero-order valence-corrected chi connectivity index (χ0v) is 10.3. The lowest BCUT2D eigenvalue weighted by molar-refractivity contribution is -0.0601. The van der Waals surface area contributed by atoms with Crippen molar-refractivity contribution >= 4 is 17.4 Å². The summed E-state index contributed by atoms with van der Waals surface area (Å²) in [5.74, 6) is 0.765. The van der Waals surface area contributed by atoms with Gasteiger partial charge in [0.2, 0.25) is 5.28 Å². The summed E-state index contributed by atoms with van der Waals surface area (Å²) in [6, 6.07) is 1.88. The molecular formula is C11H16ClN3O. The predicted octanol–water partition coefficient (Wildman–Crippen LogP) is 2.42. The fourth-order valence-corrected chi connectivity index (χ4v) is 2.12. The Kier molecular flexibility index (Phi) is 3.30. The second-order valence-corrected chi connectivity index (χ2v) is 4.60. The molecule has 1 saturated carbocycles. The Morgan fingerprint density at radius 3 is 2.75 bits per heavy atom. The van der Waals surface area contributed by atoms with E-state index in [1.807, 2.05) is 13.0 Å². The van der Waals surface area contributed by atoms with Gasteiger partial charge in [-0.2, -0.15) is 0 Å². The molecule has 0 aliphatic heterocycles. The van der Waals surface area contributed by atoms with Crippen LogP contribution in [-0.4, -0.2) is 29.2 Å². The van der Waals surface area contributed by atoms with Gasteiger partial charge in [-0.15, -0.1) is 0 Å². The molecule has 0 radical (unpaired) electrons. The Morgan fingerprint density at radius 2 is 2.25 bits per heavy atom. The minimum atomic E-state index is -0.00860. The van der Waals surface area contributed by atoms with Crippen molar-refractivity contribution in [3.05, 3.63) is 17.0 Å². The first-order chi connectivity index (χ1) is 7.63. The fraction of sp³-hybridized carbons (Fsp3) is 0.636. The van der Waals surface area contributed by atoms with Crippen LogP contribution in [0.4, 0.5) is 5.82 Å². The van der Waals surface area contributed by atoms with Crippen molar-refractivity contribution < 1.29 is 4.74 Å². The van der Waals surface area contributed by atoms with Crippen LogP contribution in [0.1, 0.15) is 25.0 Å². The summed E-state index contributed by atoms with van der Waals surface area (Å²) in [5, 5.41) is 3.54. The van der Waals surface area contributed by atoms with Crippen LogP contribution in [0.15, 0.2) is 6.07 Å². The molecule has 0 saturated heterocycles. The van der Waals surface area contributed by atoms with Gasteiger partial charge in [-0.3, -0.25) is 0 Å². The zero-order valence-electron chi connectivity index (χ0n) is 9.59. The van der Waals surface area contributed by atoms with E-state index in [-0.39, 0.29) is 10.9 Å². The molecule has 1 aromatic heterocycles. The second kappa shape index (κ2) is 4.55. The largest absolute Gasteiger partial charge is 0.376 e. The molecule has 1 aromatic rings. The molecule has 4 nitrogen and oxygen atoms in total. The van der Waals surface area contributed by atoms with Crippen molar-refractivity contribution in [2.24, 2.45) is 0 Å². The molecule has 0 aromatic carbocycles. The van der Waals surface area contributed by atoms with Gasteiger partial charge in [-0.25, -0.2) is 9.97 Å². The molecular weight excluding hydrogens is 226 g/mol. The van der Waals surface area contributed by atoms with E-state index in [4.69, 9.17) is 16.3 Å². The molecule has 16 heavy (non-hydrogen) atoms. The van der Waals surface area contributed by atoms with E-state index in [2.05, 4.69) is 15.3 Å². The van der Waals surface area contributed by atoms with E-state index in [9.17, 15) is 0 Å². The molecule has 1 aliphatic carbocycles. The summed E-state index contributed by atoms with van der Waals surface area (Å²) in [7, 11) is 1.76.